The fourth-order valence-corrected chi connectivity index (χ4v) is 2.55. The third kappa shape index (κ3) is 3.15. The quantitative estimate of drug-likeness (QED) is 0.832. The first-order valence-electron chi connectivity index (χ1n) is 6.12. The van der Waals surface area contributed by atoms with Gasteiger partial charge in [0.15, 0.2) is 0 Å². The van der Waals surface area contributed by atoms with Gasteiger partial charge in [0.25, 0.3) is 0 Å². The Hall–Kier alpha value is -1.26. The highest BCUT2D eigenvalue weighted by Crippen LogP contribution is 2.27. The van der Waals surface area contributed by atoms with E-state index in [-0.39, 0.29) is 5.82 Å². The lowest BCUT2D eigenvalue weighted by Crippen LogP contribution is -2.13. The van der Waals surface area contributed by atoms with E-state index in [9.17, 15) is 4.39 Å². The SMILES string of the molecule is CCCNCc1csc(-c2cc(C)ccc2F)n1. The molecule has 1 aromatic heterocycles. The molecule has 0 spiro atoms. The Labute approximate surface area is 111 Å². The number of benzene rings is 1. The lowest BCUT2D eigenvalue weighted by Gasteiger charge is -2.01. The standard InChI is InChI=1S/C14H17FN2S/c1-3-6-16-8-11-9-18-14(17-11)12-7-10(2)4-5-13(12)15/h4-5,7,9,16H,3,6,8H2,1-2H3. The molecule has 0 radical (unpaired) electrons. The summed E-state index contributed by atoms with van der Waals surface area (Å²) in [4.78, 5) is 4.47. The smallest absolute Gasteiger partial charge is 0.133 e. The minimum Gasteiger partial charge on any atom is -0.311 e. The van der Waals surface area contributed by atoms with Crippen LogP contribution in [0.25, 0.3) is 10.6 Å². The molecule has 0 aliphatic carbocycles. The van der Waals surface area contributed by atoms with Crippen molar-refractivity contribution in [1.82, 2.24) is 10.3 Å². The maximum atomic E-state index is 13.7. The molecule has 96 valence electrons. The van der Waals surface area contributed by atoms with Crippen LogP contribution in [0.15, 0.2) is 23.6 Å². The number of thiazole rings is 1. The van der Waals surface area contributed by atoms with Crippen molar-refractivity contribution in [2.45, 2.75) is 26.8 Å². The maximum Gasteiger partial charge on any atom is 0.133 e. The lowest BCUT2D eigenvalue weighted by molar-refractivity contribution is 0.630. The number of hydrogen-bond donors (Lipinski definition) is 1. The van der Waals surface area contributed by atoms with E-state index in [0.717, 1.165) is 35.8 Å². The van der Waals surface area contributed by atoms with E-state index in [1.807, 2.05) is 18.4 Å². The van der Waals surface area contributed by atoms with E-state index < -0.39 is 0 Å². The number of aromatic nitrogens is 1. The van der Waals surface area contributed by atoms with Crippen LogP contribution in [-0.2, 0) is 6.54 Å². The van der Waals surface area contributed by atoms with Crippen molar-refractivity contribution in [1.29, 1.82) is 0 Å². The number of aryl methyl sites for hydroxylation is 1. The fraction of sp³-hybridized carbons (Fsp3) is 0.357. The first-order valence-corrected chi connectivity index (χ1v) is 7.00. The van der Waals surface area contributed by atoms with E-state index in [2.05, 4.69) is 17.2 Å². The minimum atomic E-state index is -0.206. The van der Waals surface area contributed by atoms with Crippen LogP contribution < -0.4 is 5.32 Å². The van der Waals surface area contributed by atoms with Crippen LogP contribution in [0, 0.1) is 12.7 Å². The summed E-state index contributed by atoms with van der Waals surface area (Å²) in [5, 5.41) is 6.03. The molecule has 0 saturated heterocycles. The molecule has 1 N–H and O–H groups in total. The topological polar surface area (TPSA) is 24.9 Å². The van der Waals surface area contributed by atoms with Gasteiger partial charge in [0.2, 0.25) is 0 Å². The molecule has 18 heavy (non-hydrogen) atoms. The summed E-state index contributed by atoms with van der Waals surface area (Å²) in [7, 11) is 0. The molecule has 0 unspecified atom stereocenters. The van der Waals surface area contributed by atoms with Gasteiger partial charge in [0.1, 0.15) is 10.8 Å². The Morgan fingerprint density at radius 3 is 3.00 bits per heavy atom. The van der Waals surface area contributed by atoms with Crippen molar-refractivity contribution in [2.24, 2.45) is 0 Å². The van der Waals surface area contributed by atoms with Gasteiger partial charge >= 0.3 is 0 Å². The first-order chi connectivity index (χ1) is 8.70. The van der Waals surface area contributed by atoms with Crippen LogP contribution in [0.1, 0.15) is 24.6 Å². The Balaban J connectivity index is 2.16. The molecule has 0 amide bonds. The lowest BCUT2D eigenvalue weighted by atomic mass is 10.1. The van der Waals surface area contributed by atoms with Crippen LogP contribution in [0.3, 0.4) is 0 Å². The zero-order valence-electron chi connectivity index (χ0n) is 10.7. The molecular weight excluding hydrogens is 247 g/mol. The average molecular weight is 264 g/mol. The second-order valence-corrected chi connectivity index (χ2v) is 5.16. The van der Waals surface area contributed by atoms with Gasteiger partial charge in [-0.1, -0.05) is 18.6 Å². The summed E-state index contributed by atoms with van der Waals surface area (Å²) in [5.74, 6) is -0.206. The van der Waals surface area contributed by atoms with Gasteiger partial charge in [0, 0.05) is 17.5 Å². The monoisotopic (exact) mass is 264 g/mol. The molecule has 1 heterocycles. The molecule has 2 aromatic rings. The minimum absolute atomic E-state index is 0.206. The molecule has 0 aliphatic heterocycles. The van der Waals surface area contributed by atoms with Gasteiger partial charge < -0.3 is 5.32 Å². The van der Waals surface area contributed by atoms with E-state index in [0.29, 0.717) is 5.56 Å². The molecular formula is C14H17FN2S. The number of nitrogens with one attached hydrogen (secondary N) is 1. The highest BCUT2D eigenvalue weighted by molar-refractivity contribution is 7.13. The van der Waals surface area contributed by atoms with Gasteiger partial charge in [-0.05, 0) is 32.0 Å². The highest BCUT2D eigenvalue weighted by Gasteiger charge is 2.09. The van der Waals surface area contributed by atoms with Crippen molar-refractivity contribution >= 4 is 11.3 Å². The van der Waals surface area contributed by atoms with Gasteiger partial charge in [-0.25, -0.2) is 9.37 Å². The molecule has 0 fully saturated rings. The molecule has 0 bridgehead atoms. The zero-order chi connectivity index (χ0) is 13.0. The number of halogens is 1. The first kappa shape index (κ1) is 13.2. The number of hydrogen-bond acceptors (Lipinski definition) is 3. The van der Waals surface area contributed by atoms with Crippen LogP contribution in [0.2, 0.25) is 0 Å². The molecule has 0 atom stereocenters. The molecule has 2 rings (SSSR count). The van der Waals surface area contributed by atoms with Gasteiger partial charge in [-0.3, -0.25) is 0 Å². The van der Waals surface area contributed by atoms with Gasteiger partial charge in [-0.15, -0.1) is 11.3 Å². The molecule has 4 heteroatoms. The predicted octanol–water partition coefficient (Wildman–Crippen LogP) is 3.76. The summed E-state index contributed by atoms with van der Waals surface area (Å²) in [5.41, 5.74) is 2.62. The van der Waals surface area contributed by atoms with E-state index in [1.54, 1.807) is 6.07 Å². The fourth-order valence-electron chi connectivity index (χ4n) is 1.71. The van der Waals surface area contributed by atoms with Gasteiger partial charge in [-0.2, -0.15) is 0 Å². The molecule has 2 nitrogen and oxygen atoms in total. The van der Waals surface area contributed by atoms with Crippen LogP contribution in [0.4, 0.5) is 4.39 Å². The molecule has 0 saturated carbocycles. The highest BCUT2D eigenvalue weighted by atomic mass is 32.1. The van der Waals surface area contributed by atoms with Crippen molar-refractivity contribution in [3.63, 3.8) is 0 Å². The normalized spacial score (nSPS) is 10.8. The zero-order valence-corrected chi connectivity index (χ0v) is 11.5. The second-order valence-electron chi connectivity index (χ2n) is 4.30. The summed E-state index contributed by atoms with van der Waals surface area (Å²) >= 11 is 1.49. The van der Waals surface area contributed by atoms with Crippen molar-refractivity contribution < 1.29 is 4.39 Å². The third-order valence-electron chi connectivity index (χ3n) is 2.64. The summed E-state index contributed by atoms with van der Waals surface area (Å²) in [6.07, 6.45) is 1.10. The molecule has 1 aromatic carbocycles. The second kappa shape index (κ2) is 6.07. The average Bonchev–Trinajstić information content (AvgIpc) is 2.81. The van der Waals surface area contributed by atoms with Gasteiger partial charge in [0.05, 0.1) is 5.69 Å². The molecule has 0 aliphatic rings. The van der Waals surface area contributed by atoms with E-state index in [1.165, 1.54) is 17.4 Å². The van der Waals surface area contributed by atoms with Crippen LogP contribution in [0.5, 0.6) is 0 Å². The van der Waals surface area contributed by atoms with E-state index >= 15 is 0 Å². The third-order valence-corrected chi connectivity index (χ3v) is 3.56. The largest absolute Gasteiger partial charge is 0.311 e. The number of rotatable bonds is 5. The Bertz CT molecular complexity index is 522. The van der Waals surface area contributed by atoms with E-state index in [4.69, 9.17) is 0 Å². The van der Waals surface area contributed by atoms with Crippen molar-refractivity contribution in [3.05, 3.63) is 40.7 Å². The summed E-state index contributed by atoms with van der Waals surface area (Å²) in [6.45, 7) is 5.81. The van der Waals surface area contributed by atoms with Crippen LogP contribution in [-0.4, -0.2) is 11.5 Å². The number of nitrogens with zero attached hydrogens (tertiary/aromatic N) is 1. The Morgan fingerprint density at radius 2 is 2.22 bits per heavy atom. The van der Waals surface area contributed by atoms with Crippen LogP contribution >= 0.6 is 11.3 Å². The van der Waals surface area contributed by atoms with Crippen molar-refractivity contribution in [2.75, 3.05) is 6.54 Å². The van der Waals surface area contributed by atoms with Crippen molar-refractivity contribution in [3.8, 4) is 10.6 Å². The Kier molecular flexibility index (Phi) is 4.44. The predicted molar refractivity (Wildman–Crippen MR) is 74.2 cm³/mol. The Morgan fingerprint density at radius 1 is 1.39 bits per heavy atom. The summed E-state index contributed by atoms with van der Waals surface area (Å²) in [6, 6.07) is 5.12. The summed E-state index contributed by atoms with van der Waals surface area (Å²) < 4.78 is 13.7. The maximum absolute atomic E-state index is 13.7.